The number of sulfonamides is 2. The number of carbonyl (C=O) groups excluding carboxylic acids is 8. The van der Waals surface area contributed by atoms with E-state index in [1.807, 2.05) is 95.8 Å². The Labute approximate surface area is 607 Å². The zero-order valence-corrected chi connectivity index (χ0v) is 62.8. The maximum Gasteiger partial charge on any atom is 0.408 e. The molecule has 0 unspecified atom stereocenters. The van der Waals surface area contributed by atoms with Crippen LogP contribution in [0.15, 0.2) is 72.8 Å². The Balaban J connectivity index is 0.000000192. The summed E-state index contributed by atoms with van der Waals surface area (Å²) in [7, 11) is -7.70. The van der Waals surface area contributed by atoms with Crippen molar-refractivity contribution in [3.8, 4) is 6.01 Å². The molecule has 4 aliphatic carbocycles. The molecular weight excluding hydrogens is 1390 g/mol. The number of amides is 8. The Morgan fingerprint density at radius 1 is 0.592 bits per heavy atom. The first-order valence-corrected chi connectivity index (χ1v) is 39.6. The van der Waals surface area contributed by atoms with E-state index < -0.39 is 149 Å². The highest BCUT2D eigenvalue weighted by molar-refractivity contribution is 7.91. The molecule has 0 spiro atoms. The fourth-order valence-corrected chi connectivity index (χ4v) is 16.9. The van der Waals surface area contributed by atoms with Crippen LogP contribution in [0.4, 0.5) is 9.59 Å². The number of imidazole rings is 2. The summed E-state index contributed by atoms with van der Waals surface area (Å²) in [6, 6.07) is 12.2. The smallest absolute Gasteiger partial charge is 0.408 e. The van der Waals surface area contributed by atoms with Crippen molar-refractivity contribution >= 4 is 101 Å². The lowest BCUT2D eigenvalue weighted by atomic mass is 10.0. The van der Waals surface area contributed by atoms with Gasteiger partial charge in [0.1, 0.15) is 52.6 Å². The molecular formula is C72H101ClN12O16S2. The van der Waals surface area contributed by atoms with E-state index in [0.29, 0.717) is 81.5 Å². The number of aliphatic hydroxyl groups is 1. The largest absolute Gasteiger partial charge is 0.459 e. The van der Waals surface area contributed by atoms with E-state index in [0.717, 1.165) is 47.8 Å². The van der Waals surface area contributed by atoms with Crippen molar-refractivity contribution in [3.05, 3.63) is 78.1 Å². The van der Waals surface area contributed by atoms with Gasteiger partial charge in [-0.3, -0.25) is 42.8 Å². The Kier molecular flexibility index (Phi) is 23.8. The van der Waals surface area contributed by atoms with Crippen LogP contribution in [0, 0.1) is 11.8 Å². The van der Waals surface area contributed by atoms with Crippen LogP contribution in [0.1, 0.15) is 197 Å². The molecule has 8 aliphatic rings. The number of aliphatic hydroxyl groups excluding tert-OH is 1. The summed E-state index contributed by atoms with van der Waals surface area (Å²) < 4.78 is 76.2. The van der Waals surface area contributed by atoms with Crippen LogP contribution in [-0.2, 0) is 58.3 Å². The maximum absolute atomic E-state index is 14.4. The first-order valence-electron chi connectivity index (χ1n) is 36.1. The van der Waals surface area contributed by atoms with Gasteiger partial charge < -0.3 is 55.0 Å². The molecule has 2 aromatic carbocycles. The minimum absolute atomic E-state index is 0.00301. The molecule has 6 heterocycles. The third-order valence-electron chi connectivity index (χ3n) is 19.5. The van der Waals surface area contributed by atoms with Gasteiger partial charge in [0.2, 0.25) is 49.0 Å². The molecule has 7 N–H and O–H groups in total. The fraction of sp³-hybridized carbons (Fsp3) is 0.639. The zero-order chi connectivity index (χ0) is 74.7. The van der Waals surface area contributed by atoms with Gasteiger partial charge in [0.05, 0.1) is 45.2 Å². The lowest BCUT2D eigenvalue weighted by Gasteiger charge is -2.30. The molecule has 103 heavy (non-hydrogen) atoms. The lowest BCUT2D eigenvalue weighted by molar-refractivity contribution is -0.141. The number of benzene rings is 2. The minimum atomic E-state index is -3.88. The first kappa shape index (κ1) is 77.8. The second-order valence-electron chi connectivity index (χ2n) is 31.0. The molecule has 4 aromatic rings. The van der Waals surface area contributed by atoms with E-state index in [9.17, 15) is 60.3 Å². The Morgan fingerprint density at radius 2 is 1.02 bits per heavy atom. The van der Waals surface area contributed by atoms with Crippen LogP contribution >= 0.6 is 11.6 Å². The van der Waals surface area contributed by atoms with E-state index in [4.69, 9.17) is 30.8 Å². The number of rotatable bonds is 12. The molecule has 2 saturated heterocycles. The first-order chi connectivity index (χ1) is 48.5. The molecule has 0 bridgehead atoms. The van der Waals surface area contributed by atoms with Crippen molar-refractivity contribution in [2.24, 2.45) is 11.8 Å². The number of hydrogen-bond donors (Lipinski definition) is 7. The number of halogens is 1. The van der Waals surface area contributed by atoms with Crippen LogP contribution < -0.4 is 35.4 Å². The third kappa shape index (κ3) is 19.2. The summed E-state index contributed by atoms with van der Waals surface area (Å²) in [5.74, 6) is -4.62. The number of nitrogens with one attached hydrogen (secondary N) is 6. The highest BCUT2D eigenvalue weighted by atomic mass is 35.5. The number of hydrogen-bond acceptors (Lipinski definition) is 18. The van der Waals surface area contributed by atoms with Crippen molar-refractivity contribution in [2.45, 2.75) is 266 Å². The standard InChI is InChI=1S/C36H50N6O8S.C26H40N4O8S.C10H11ClN2/c1-22(2)42-28-16-12-11-14-26(28)37-33(42)49-24-19-29-30(43)39-36(32(45)40-51(47,48)25-17-18-25)20-23(36)13-9-7-6-8-10-15-27(31(44)41(29)21-24)38-34(46)50-35(3,4)5;1-25(2,3)38-24(35)27-19-10-8-6-4-5-7-9-16-14-26(16,23(34)29-39(36,37)18-11-12-18)28-21(32)20-13-17(31)15-30(20)22(19)33;1-7(2)13-9-6-4-3-5-8(9)12-10(13)11/h9,11-14,16,22-25,27,29H,6-8,10,15,17-21H2,1-5H3,(H,38,46)(H,39,43)(H,40,45);7,9,16-20,31H,4-6,8,10-15H2,1-3H3,(H,27,35)(H,28,32)(H,29,34);3-7H,1-2H3/b13-9-;9-7-;/t23-,24-,27+,29+,36-;16-,17-,19+,20+,26-;/m11./s1. The molecule has 28 nitrogen and oxygen atoms in total. The maximum atomic E-state index is 14.4. The van der Waals surface area contributed by atoms with E-state index in [1.54, 1.807) is 41.5 Å². The van der Waals surface area contributed by atoms with Crippen molar-refractivity contribution in [3.63, 3.8) is 0 Å². The number of ether oxygens (including phenoxy) is 3. The van der Waals surface area contributed by atoms with Crippen molar-refractivity contribution in [2.75, 3.05) is 13.1 Å². The number of allylic oxidation sites excluding steroid dienone is 2. The van der Waals surface area contributed by atoms with Crippen LogP contribution in [0.25, 0.3) is 22.1 Å². The molecule has 4 aliphatic heterocycles. The van der Waals surface area contributed by atoms with Gasteiger partial charge in [0, 0.05) is 43.3 Å². The predicted molar refractivity (Wildman–Crippen MR) is 385 cm³/mol. The summed E-state index contributed by atoms with van der Waals surface area (Å²) in [5, 5.41) is 20.7. The summed E-state index contributed by atoms with van der Waals surface area (Å²) in [5.41, 5.74) is -0.814. The van der Waals surface area contributed by atoms with E-state index in [2.05, 4.69) is 49.5 Å². The highest BCUT2D eigenvalue weighted by Crippen LogP contribution is 2.48. The minimum Gasteiger partial charge on any atom is -0.459 e. The zero-order valence-electron chi connectivity index (χ0n) is 60.4. The quantitative estimate of drug-likeness (QED) is 0.0661. The molecule has 6 fully saturated rings. The van der Waals surface area contributed by atoms with Gasteiger partial charge >= 0.3 is 12.2 Å². The molecule has 0 radical (unpaired) electrons. The second kappa shape index (κ2) is 31.5. The number of aromatic nitrogens is 4. The Bertz CT molecular complexity index is 4140. The Morgan fingerprint density at radius 3 is 1.47 bits per heavy atom. The average molecular weight is 1490 g/mol. The van der Waals surface area contributed by atoms with Crippen LogP contribution in [0.5, 0.6) is 6.01 Å². The number of nitrogens with zero attached hydrogens (tertiary/aromatic N) is 6. The molecule has 564 valence electrons. The van der Waals surface area contributed by atoms with Gasteiger partial charge in [-0.15, -0.1) is 0 Å². The van der Waals surface area contributed by atoms with E-state index >= 15 is 0 Å². The van der Waals surface area contributed by atoms with Crippen LogP contribution in [0.3, 0.4) is 0 Å². The fourth-order valence-electron chi connectivity index (χ4n) is 13.8. The molecule has 8 amide bonds. The van der Waals surface area contributed by atoms with Gasteiger partial charge in [-0.05, 0) is 182 Å². The molecule has 31 heteroatoms. The van der Waals surface area contributed by atoms with Crippen molar-refractivity contribution in [1.82, 2.24) is 59.6 Å². The van der Waals surface area contributed by atoms with Gasteiger partial charge in [-0.1, -0.05) is 74.3 Å². The van der Waals surface area contributed by atoms with Crippen molar-refractivity contribution in [1.29, 1.82) is 0 Å². The van der Waals surface area contributed by atoms with Crippen LogP contribution in [0.2, 0.25) is 5.28 Å². The topological polar surface area (TPSA) is 367 Å². The van der Waals surface area contributed by atoms with Gasteiger partial charge in [-0.25, -0.2) is 31.4 Å². The number of alkyl carbamates (subject to hydrolysis) is 2. The Hall–Kier alpha value is -7.83. The van der Waals surface area contributed by atoms with Gasteiger partial charge in [0.15, 0.2) is 0 Å². The van der Waals surface area contributed by atoms with E-state index in [1.165, 1.54) is 9.80 Å². The lowest BCUT2D eigenvalue weighted by Crippen LogP contribution is -2.58. The average Bonchev–Trinajstić information content (AvgIpc) is 1.58. The number of para-hydroxylation sites is 4. The molecule has 10 atom stereocenters. The number of fused-ring (bicyclic) bond motifs is 6. The van der Waals surface area contributed by atoms with Crippen molar-refractivity contribution < 1.29 is 74.5 Å². The molecule has 2 aromatic heterocycles. The van der Waals surface area contributed by atoms with Crippen LogP contribution in [-0.4, -0.2) is 181 Å². The monoisotopic (exact) mass is 1490 g/mol. The summed E-state index contributed by atoms with van der Waals surface area (Å²) in [6.07, 6.45) is 13.4. The predicted octanol–water partition coefficient (Wildman–Crippen LogP) is 7.98. The van der Waals surface area contributed by atoms with E-state index in [-0.39, 0.29) is 44.8 Å². The SMILES string of the molecule is CC(C)(C)OC(=O)N[C@H]1CCCCC/C=C\[C@@H]2C[C@@]2(C(=O)NS(=O)(=O)C2CC2)NC(=O)[C@@H]2C[C@@H](O)CN2C1=O.CC(C)n1c(Cl)nc2ccccc21.CC(C)n1c(O[C@@H]2C[C@H]3C(=O)N[C@]4(C(=O)NS(=O)(=O)C5CC5)C[C@H]4/C=C\CCCCC[C@H](NC(=O)OC(C)(C)C)C(=O)N3C2)nc2ccccc21. The van der Waals surface area contributed by atoms with Gasteiger partial charge in [0.25, 0.3) is 17.8 Å². The number of carbonyl (C=O) groups is 8. The highest BCUT2D eigenvalue weighted by Gasteiger charge is 2.64. The third-order valence-corrected chi connectivity index (χ3v) is 23.4. The summed E-state index contributed by atoms with van der Waals surface area (Å²) in [6.45, 7) is 18.5. The summed E-state index contributed by atoms with van der Waals surface area (Å²) in [4.78, 5) is 120. The molecule has 4 saturated carbocycles. The molecule has 12 rings (SSSR count). The summed E-state index contributed by atoms with van der Waals surface area (Å²) >= 11 is 6.01. The van der Waals surface area contributed by atoms with Gasteiger partial charge in [-0.2, -0.15) is 4.98 Å². The second-order valence-corrected chi connectivity index (χ2v) is 35.2. The normalized spacial score (nSPS) is 27.9.